The van der Waals surface area contributed by atoms with Gasteiger partial charge in [0.2, 0.25) is 10.0 Å². The first-order chi connectivity index (χ1) is 8.91. The van der Waals surface area contributed by atoms with E-state index in [0.717, 1.165) is 17.1 Å². The Hall–Kier alpha value is -1.70. The topological polar surface area (TPSA) is 90.0 Å². The molecule has 3 N–H and O–H groups in total. The first-order valence-electron chi connectivity index (χ1n) is 5.75. The molecular formula is C12H16N4O2S. The van der Waals surface area contributed by atoms with Crippen molar-refractivity contribution in [1.82, 2.24) is 15.1 Å². The summed E-state index contributed by atoms with van der Waals surface area (Å²) in [6, 6.07) is 8.29. The number of aromatic nitrogens is 2. The van der Waals surface area contributed by atoms with Crippen molar-refractivity contribution in [2.75, 3.05) is 7.05 Å². The lowest BCUT2D eigenvalue weighted by Crippen LogP contribution is -2.12. The van der Waals surface area contributed by atoms with E-state index in [-0.39, 0.29) is 4.90 Å². The Bertz CT molecular complexity index is 674. The molecule has 0 aliphatic heterocycles. The highest BCUT2D eigenvalue weighted by Crippen LogP contribution is 2.15. The average Bonchev–Trinajstić information content (AvgIpc) is 2.70. The van der Waals surface area contributed by atoms with Crippen molar-refractivity contribution in [1.29, 1.82) is 0 Å². The van der Waals surface area contributed by atoms with Crippen LogP contribution in [0.3, 0.4) is 0 Å². The van der Waals surface area contributed by atoms with E-state index in [9.17, 15) is 8.42 Å². The molecule has 0 saturated heterocycles. The molecule has 0 amide bonds. The van der Waals surface area contributed by atoms with Gasteiger partial charge in [-0.2, -0.15) is 5.10 Å². The molecule has 19 heavy (non-hydrogen) atoms. The minimum Gasteiger partial charge on any atom is -0.314 e. The Morgan fingerprint density at radius 1 is 1.32 bits per heavy atom. The van der Waals surface area contributed by atoms with Gasteiger partial charge in [0.15, 0.2) is 0 Å². The number of nitrogens with one attached hydrogen (secondary N) is 1. The molecule has 0 atom stereocenters. The number of hydrogen-bond acceptors (Lipinski definition) is 4. The number of sulfonamides is 1. The summed E-state index contributed by atoms with van der Waals surface area (Å²) in [7, 11) is -1.80. The Labute approximate surface area is 112 Å². The van der Waals surface area contributed by atoms with Gasteiger partial charge in [0.05, 0.1) is 16.3 Å². The predicted molar refractivity (Wildman–Crippen MR) is 72.4 cm³/mol. The van der Waals surface area contributed by atoms with Crippen LogP contribution < -0.4 is 10.5 Å². The molecule has 0 radical (unpaired) electrons. The van der Waals surface area contributed by atoms with Gasteiger partial charge in [0.1, 0.15) is 0 Å². The smallest absolute Gasteiger partial charge is 0.238 e. The van der Waals surface area contributed by atoms with Gasteiger partial charge in [-0.25, -0.2) is 18.2 Å². The molecule has 1 aromatic heterocycles. The molecule has 0 saturated carbocycles. The van der Waals surface area contributed by atoms with Crippen molar-refractivity contribution in [2.24, 2.45) is 5.14 Å². The highest BCUT2D eigenvalue weighted by molar-refractivity contribution is 7.89. The van der Waals surface area contributed by atoms with Crippen LogP contribution in [-0.2, 0) is 16.6 Å². The van der Waals surface area contributed by atoms with Gasteiger partial charge in [-0.15, -0.1) is 0 Å². The number of hydrogen-bond donors (Lipinski definition) is 2. The van der Waals surface area contributed by atoms with Crippen LogP contribution in [-0.4, -0.2) is 25.2 Å². The average molecular weight is 280 g/mol. The Kier molecular flexibility index (Phi) is 3.70. The number of aryl methyl sites for hydroxylation is 1. The maximum absolute atomic E-state index is 11.2. The van der Waals surface area contributed by atoms with Gasteiger partial charge in [-0.1, -0.05) is 0 Å². The second-order valence-electron chi connectivity index (χ2n) is 4.26. The van der Waals surface area contributed by atoms with Crippen molar-refractivity contribution in [2.45, 2.75) is 18.4 Å². The molecule has 0 aliphatic carbocycles. The molecule has 7 heteroatoms. The van der Waals surface area contributed by atoms with E-state index >= 15 is 0 Å². The van der Waals surface area contributed by atoms with Crippen LogP contribution in [0.1, 0.15) is 11.4 Å². The van der Waals surface area contributed by atoms with E-state index < -0.39 is 10.0 Å². The summed E-state index contributed by atoms with van der Waals surface area (Å²) >= 11 is 0. The Morgan fingerprint density at radius 2 is 1.95 bits per heavy atom. The monoisotopic (exact) mass is 280 g/mol. The fourth-order valence-electron chi connectivity index (χ4n) is 1.84. The van der Waals surface area contributed by atoms with Crippen LogP contribution >= 0.6 is 0 Å². The second-order valence-corrected chi connectivity index (χ2v) is 5.82. The standard InChI is InChI=1S/C12H16N4O2S/c1-9-7-10(8-14-2)15-16(9)11-3-5-12(6-4-11)19(13,17)18/h3-7,14H,8H2,1-2H3,(H2,13,17,18). The highest BCUT2D eigenvalue weighted by Gasteiger charge is 2.09. The highest BCUT2D eigenvalue weighted by atomic mass is 32.2. The molecule has 102 valence electrons. The van der Waals surface area contributed by atoms with E-state index in [2.05, 4.69) is 10.4 Å². The van der Waals surface area contributed by atoms with E-state index in [1.54, 1.807) is 16.8 Å². The third kappa shape index (κ3) is 3.01. The Morgan fingerprint density at radius 3 is 2.47 bits per heavy atom. The molecule has 0 aliphatic rings. The Balaban J connectivity index is 2.37. The van der Waals surface area contributed by atoms with E-state index in [4.69, 9.17) is 5.14 Å². The summed E-state index contributed by atoms with van der Waals surface area (Å²) in [4.78, 5) is 0.0940. The summed E-state index contributed by atoms with van der Waals surface area (Å²) < 4.78 is 24.1. The zero-order valence-electron chi connectivity index (χ0n) is 10.8. The van der Waals surface area contributed by atoms with Crippen molar-refractivity contribution < 1.29 is 8.42 Å². The second kappa shape index (κ2) is 5.12. The molecule has 6 nitrogen and oxygen atoms in total. The van der Waals surface area contributed by atoms with Gasteiger partial charge in [-0.05, 0) is 44.3 Å². The van der Waals surface area contributed by atoms with Gasteiger partial charge in [0.25, 0.3) is 0 Å². The van der Waals surface area contributed by atoms with Gasteiger partial charge < -0.3 is 5.32 Å². The van der Waals surface area contributed by atoms with Gasteiger partial charge in [0, 0.05) is 12.2 Å². The minimum absolute atomic E-state index is 0.0940. The van der Waals surface area contributed by atoms with E-state index in [0.29, 0.717) is 6.54 Å². The van der Waals surface area contributed by atoms with Crippen LogP contribution in [0.25, 0.3) is 5.69 Å². The summed E-state index contributed by atoms with van der Waals surface area (Å²) in [6.07, 6.45) is 0. The summed E-state index contributed by atoms with van der Waals surface area (Å²) in [6.45, 7) is 2.63. The maximum atomic E-state index is 11.2. The van der Waals surface area contributed by atoms with Crippen LogP contribution in [0.2, 0.25) is 0 Å². The van der Waals surface area contributed by atoms with Crippen LogP contribution in [0, 0.1) is 6.92 Å². The number of rotatable bonds is 4. The number of benzene rings is 1. The molecule has 2 aromatic rings. The molecule has 1 heterocycles. The van der Waals surface area contributed by atoms with Crippen molar-refractivity contribution >= 4 is 10.0 Å². The molecule has 2 rings (SSSR count). The predicted octanol–water partition coefficient (Wildman–Crippen LogP) is 0.548. The third-order valence-electron chi connectivity index (χ3n) is 2.71. The summed E-state index contributed by atoms with van der Waals surface area (Å²) in [5, 5.41) is 12.5. The lowest BCUT2D eigenvalue weighted by atomic mass is 10.3. The van der Waals surface area contributed by atoms with Crippen LogP contribution in [0.4, 0.5) is 0 Å². The lowest BCUT2D eigenvalue weighted by Gasteiger charge is -2.05. The van der Waals surface area contributed by atoms with Crippen molar-refractivity contribution in [3.8, 4) is 5.69 Å². The van der Waals surface area contributed by atoms with Crippen molar-refractivity contribution in [3.63, 3.8) is 0 Å². The van der Waals surface area contributed by atoms with E-state index in [1.807, 2.05) is 20.0 Å². The lowest BCUT2D eigenvalue weighted by molar-refractivity contribution is 0.598. The fraction of sp³-hybridized carbons (Fsp3) is 0.250. The largest absolute Gasteiger partial charge is 0.314 e. The maximum Gasteiger partial charge on any atom is 0.238 e. The number of nitrogens with zero attached hydrogens (tertiary/aromatic N) is 2. The van der Waals surface area contributed by atoms with Crippen LogP contribution in [0.5, 0.6) is 0 Å². The normalized spacial score (nSPS) is 11.7. The molecule has 0 spiro atoms. The van der Waals surface area contributed by atoms with Crippen LogP contribution in [0.15, 0.2) is 35.2 Å². The molecule has 0 bridgehead atoms. The van der Waals surface area contributed by atoms with Gasteiger partial charge in [-0.3, -0.25) is 0 Å². The number of nitrogens with two attached hydrogens (primary N) is 1. The van der Waals surface area contributed by atoms with Gasteiger partial charge >= 0.3 is 0 Å². The first-order valence-corrected chi connectivity index (χ1v) is 7.30. The minimum atomic E-state index is -3.65. The summed E-state index contributed by atoms with van der Waals surface area (Å²) in [5.41, 5.74) is 2.70. The fourth-order valence-corrected chi connectivity index (χ4v) is 2.36. The number of primary sulfonamides is 1. The zero-order valence-corrected chi connectivity index (χ0v) is 11.6. The molecule has 0 unspecified atom stereocenters. The zero-order chi connectivity index (χ0) is 14.0. The summed E-state index contributed by atoms with van der Waals surface area (Å²) in [5.74, 6) is 0. The molecule has 0 fully saturated rings. The first kappa shape index (κ1) is 13.7. The molecular weight excluding hydrogens is 264 g/mol. The third-order valence-corrected chi connectivity index (χ3v) is 3.63. The molecule has 1 aromatic carbocycles. The quantitative estimate of drug-likeness (QED) is 0.855. The van der Waals surface area contributed by atoms with Crippen molar-refractivity contribution in [3.05, 3.63) is 41.7 Å². The van der Waals surface area contributed by atoms with E-state index in [1.165, 1.54) is 12.1 Å². The SMILES string of the molecule is CNCc1cc(C)n(-c2ccc(S(N)(=O)=O)cc2)n1.